The minimum absolute atomic E-state index is 0.209. The molecule has 0 saturated heterocycles. The fourth-order valence-electron chi connectivity index (χ4n) is 3.31. The number of aromatic nitrogens is 2. The molecule has 27 heavy (non-hydrogen) atoms. The van der Waals surface area contributed by atoms with Crippen molar-refractivity contribution in [1.82, 2.24) is 14.9 Å². The van der Waals surface area contributed by atoms with Crippen LogP contribution in [0.1, 0.15) is 24.0 Å². The van der Waals surface area contributed by atoms with Gasteiger partial charge in [0.25, 0.3) is 0 Å². The van der Waals surface area contributed by atoms with E-state index < -0.39 is 0 Å². The number of nitrogens with zero attached hydrogens (tertiary/aromatic N) is 3. The van der Waals surface area contributed by atoms with E-state index in [9.17, 15) is 4.79 Å². The molecule has 2 heterocycles. The van der Waals surface area contributed by atoms with Gasteiger partial charge in [0.2, 0.25) is 5.91 Å². The maximum atomic E-state index is 12.4. The Labute approximate surface area is 159 Å². The van der Waals surface area contributed by atoms with Crippen molar-refractivity contribution < 1.29 is 4.79 Å². The fourth-order valence-corrected chi connectivity index (χ4v) is 3.31. The molecular weight excluding hydrogens is 336 g/mol. The zero-order chi connectivity index (χ0) is 18.5. The normalized spacial score (nSPS) is 12.7. The highest BCUT2D eigenvalue weighted by Gasteiger charge is 2.22. The Morgan fingerprint density at radius 1 is 0.963 bits per heavy atom. The summed E-state index contributed by atoms with van der Waals surface area (Å²) in [5.74, 6) is 1.69. The first-order valence-electron chi connectivity index (χ1n) is 9.26. The van der Waals surface area contributed by atoms with Gasteiger partial charge < -0.3 is 10.2 Å². The summed E-state index contributed by atoms with van der Waals surface area (Å²) in [5, 5.41) is 3.30. The van der Waals surface area contributed by atoms with Crippen LogP contribution in [0.25, 0.3) is 11.4 Å². The number of fused-ring (bicyclic) bond motifs is 1. The van der Waals surface area contributed by atoms with Gasteiger partial charge in [-0.1, -0.05) is 54.6 Å². The van der Waals surface area contributed by atoms with Gasteiger partial charge in [0.05, 0.1) is 0 Å². The van der Waals surface area contributed by atoms with Crippen molar-refractivity contribution in [2.75, 3.05) is 11.9 Å². The van der Waals surface area contributed by atoms with Gasteiger partial charge in [0.15, 0.2) is 5.82 Å². The monoisotopic (exact) mass is 358 g/mol. The molecule has 1 aliphatic heterocycles. The topological polar surface area (TPSA) is 58.1 Å². The van der Waals surface area contributed by atoms with E-state index in [2.05, 4.69) is 27.4 Å². The van der Waals surface area contributed by atoms with Crippen LogP contribution in [0.5, 0.6) is 0 Å². The third-order valence-corrected chi connectivity index (χ3v) is 4.75. The Morgan fingerprint density at radius 2 is 1.67 bits per heavy atom. The minimum atomic E-state index is 0.209. The molecule has 0 bridgehead atoms. The van der Waals surface area contributed by atoms with E-state index in [1.165, 1.54) is 11.1 Å². The Morgan fingerprint density at radius 3 is 2.41 bits per heavy atom. The van der Waals surface area contributed by atoms with Gasteiger partial charge in [-0.15, -0.1) is 0 Å². The Kier molecular flexibility index (Phi) is 5.10. The van der Waals surface area contributed by atoms with Crippen molar-refractivity contribution in [3.05, 3.63) is 78.0 Å². The predicted octanol–water partition coefficient (Wildman–Crippen LogP) is 3.88. The lowest BCUT2D eigenvalue weighted by Gasteiger charge is -2.15. The second kappa shape index (κ2) is 7.99. The molecule has 0 aliphatic carbocycles. The van der Waals surface area contributed by atoms with E-state index in [1.54, 1.807) is 6.20 Å². The number of hydrogen-bond donors (Lipinski definition) is 1. The highest BCUT2D eigenvalue weighted by atomic mass is 16.2. The summed E-state index contributed by atoms with van der Waals surface area (Å²) in [6.07, 6.45) is 3.07. The quantitative estimate of drug-likeness (QED) is 0.680. The van der Waals surface area contributed by atoms with Gasteiger partial charge >= 0.3 is 0 Å². The predicted molar refractivity (Wildman–Crippen MR) is 106 cm³/mol. The lowest BCUT2D eigenvalue weighted by Crippen LogP contribution is -2.25. The maximum Gasteiger partial charge on any atom is 0.223 e. The molecular formula is C22H22N4O. The van der Waals surface area contributed by atoms with E-state index in [4.69, 9.17) is 0 Å². The minimum Gasteiger partial charge on any atom is -0.370 e. The molecule has 1 N–H and O–H groups in total. The van der Waals surface area contributed by atoms with Crippen LogP contribution in [0.3, 0.4) is 0 Å². The first-order chi connectivity index (χ1) is 13.3. The molecule has 3 aromatic rings. The van der Waals surface area contributed by atoms with Crippen LogP contribution in [0.15, 0.2) is 66.9 Å². The summed E-state index contributed by atoms with van der Waals surface area (Å²) in [7, 11) is 0. The molecule has 1 aromatic heterocycles. The molecule has 0 spiro atoms. The van der Waals surface area contributed by atoms with Gasteiger partial charge in [-0.05, 0) is 23.6 Å². The largest absolute Gasteiger partial charge is 0.370 e. The molecule has 0 radical (unpaired) electrons. The van der Waals surface area contributed by atoms with E-state index in [0.29, 0.717) is 18.8 Å². The number of anilines is 1. The van der Waals surface area contributed by atoms with Crippen LogP contribution in [0.2, 0.25) is 0 Å². The Balaban J connectivity index is 1.26. The summed E-state index contributed by atoms with van der Waals surface area (Å²) in [6.45, 7) is 2.17. The zero-order valence-corrected chi connectivity index (χ0v) is 15.1. The maximum absolute atomic E-state index is 12.4. The molecule has 0 atom stereocenters. The highest BCUT2D eigenvalue weighted by molar-refractivity contribution is 5.77. The standard InChI is InChI=1S/C22H22N4O/c27-21(26-15-18-9-4-5-10-19(18)16-26)11-6-13-23-20-12-14-24-22(25-20)17-7-2-1-3-8-17/h1-5,7-10,12,14H,6,11,13,15-16H2,(H,23,24,25). The van der Waals surface area contributed by atoms with Crippen LogP contribution in [0.4, 0.5) is 5.82 Å². The van der Waals surface area contributed by atoms with Crippen molar-refractivity contribution in [3.63, 3.8) is 0 Å². The average molecular weight is 358 g/mol. The first-order valence-corrected chi connectivity index (χ1v) is 9.26. The number of nitrogens with one attached hydrogen (secondary N) is 1. The summed E-state index contributed by atoms with van der Waals surface area (Å²) in [4.78, 5) is 23.2. The van der Waals surface area contributed by atoms with Crippen LogP contribution < -0.4 is 5.32 Å². The molecule has 2 aromatic carbocycles. The number of carbonyl (C=O) groups excluding carboxylic acids is 1. The zero-order valence-electron chi connectivity index (χ0n) is 15.1. The van der Waals surface area contributed by atoms with Crippen molar-refractivity contribution in [2.45, 2.75) is 25.9 Å². The number of benzene rings is 2. The third kappa shape index (κ3) is 4.14. The first kappa shape index (κ1) is 17.2. The van der Waals surface area contributed by atoms with Crippen LogP contribution in [0, 0.1) is 0 Å². The lowest BCUT2D eigenvalue weighted by molar-refractivity contribution is -0.131. The Hall–Kier alpha value is -3.21. The van der Waals surface area contributed by atoms with Crippen molar-refractivity contribution in [2.24, 2.45) is 0 Å². The van der Waals surface area contributed by atoms with E-state index >= 15 is 0 Å². The van der Waals surface area contributed by atoms with Crippen LogP contribution >= 0.6 is 0 Å². The number of amides is 1. The molecule has 1 aliphatic rings. The fraction of sp³-hybridized carbons (Fsp3) is 0.227. The highest BCUT2D eigenvalue weighted by Crippen LogP contribution is 2.23. The van der Waals surface area contributed by atoms with Crippen LogP contribution in [-0.4, -0.2) is 27.3 Å². The Bertz CT molecular complexity index is 901. The summed E-state index contributed by atoms with van der Waals surface area (Å²) < 4.78 is 0. The smallest absolute Gasteiger partial charge is 0.223 e. The molecule has 136 valence electrons. The van der Waals surface area contributed by atoms with E-state index in [-0.39, 0.29) is 5.91 Å². The summed E-state index contributed by atoms with van der Waals surface area (Å²) in [5.41, 5.74) is 3.52. The van der Waals surface area contributed by atoms with Gasteiger partial charge in [-0.2, -0.15) is 0 Å². The SMILES string of the molecule is O=C(CCCNc1ccnc(-c2ccccc2)n1)N1Cc2ccccc2C1. The molecule has 4 rings (SSSR count). The summed E-state index contributed by atoms with van der Waals surface area (Å²) in [6, 6.07) is 20.0. The molecule has 0 saturated carbocycles. The molecule has 5 heteroatoms. The van der Waals surface area contributed by atoms with Gasteiger partial charge in [-0.3, -0.25) is 4.79 Å². The number of rotatable bonds is 6. The van der Waals surface area contributed by atoms with Crippen molar-refractivity contribution >= 4 is 11.7 Å². The van der Waals surface area contributed by atoms with Crippen LogP contribution in [-0.2, 0) is 17.9 Å². The van der Waals surface area contributed by atoms with E-state index in [0.717, 1.165) is 30.9 Å². The lowest BCUT2D eigenvalue weighted by atomic mass is 10.1. The molecule has 0 fully saturated rings. The number of hydrogen-bond acceptors (Lipinski definition) is 4. The molecule has 1 amide bonds. The van der Waals surface area contributed by atoms with Crippen molar-refractivity contribution in [3.8, 4) is 11.4 Å². The van der Waals surface area contributed by atoms with Gasteiger partial charge in [0, 0.05) is 37.8 Å². The molecule has 0 unspecified atom stereocenters. The van der Waals surface area contributed by atoms with Gasteiger partial charge in [-0.25, -0.2) is 9.97 Å². The van der Waals surface area contributed by atoms with Crippen molar-refractivity contribution in [1.29, 1.82) is 0 Å². The third-order valence-electron chi connectivity index (χ3n) is 4.75. The van der Waals surface area contributed by atoms with E-state index in [1.807, 2.05) is 53.4 Å². The average Bonchev–Trinajstić information content (AvgIpc) is 3.16. The summed E-state index contributed by atoms with van der Waals surface area (Å²) >= 11 is 0. The second-order valence-electron chi connectivity index (χ2n) is 6.68. The second-order valence-corrected chi connectivity index (χ2v) is 6.68. The molecule has 5 nitrogen and oxygen atoms in total. The van der Waals surface area contributed by atoms with Gasteiger partial charge in [0.1, 0.15) is 5.82 Å². The number of carbonyl (C=O) groups is 1.